The van der Waals surface area contributed by atoms with E-state index < -0.39 is 41.8 Å². The van der Waals surface area contributed by atoms with Crippen LogP contribution in [0.25, 0.3) is 0 Å². The van der Waals surface area contributed by atoms with E-state index >= 15 is 0 Å². The van der Waals surface area contributed by atoms with Gasteiger partial charge in [0, 0.05) is 0 Å². The molecule has 2 unspecified atom stereocenters. The molecule has 0 amide bonds. The maximum absolute atomic E-state index is 10.9. The molecule has 0 aliphatic carbocycles. The van der Waals surface area contributed by atoms with Gasteiger partial charge in [-0.1, -0.05) is 0 Å². The molecule has 0 fully saturated rings. The van der Waals surface area contributed by atoms with Crippen molar-refractivity contribution in [1.29, 1.82) is 0 Å². The lowest BCUT2D eigenvalue weighted by molar-refractivity contribution is -0.168. The van der Waals surface area contributed by atoms with Crippen molar-refractivity contribution >= 4 is 23.7 Å². The van der Waals surface area contributed by atoms with E-state index in [9.17, 15) is 19.2 Å². The summed E-state index contributed by atoms with van der Waals surface area (Å²) in [4.78, 5) is 41.7. The largest absolute Gasteiger partial charge is 0.479 e. The number of aliphatic hydroxyl groups is 2. The Labute approximate surface area is 87.5 Å². The van der Waals surface area contributed by atoms with Gasteiger partial charge in [0.05, 0.1) is 0 Å². The van der Waals surface area contributed by atoms with Crippen molar-refractivity contribution in [1.82, 2.24) is 0 Å². The molecule has 0 aromatic heterocycles. The average molecular weight is 236 g/mol. The van der Waals surface area contributed by atoms with Crippen LogP contribution in [0.1, 0.15) is 0 Å². The molecule has 0 bridgehead atoms. The SMILES string of the molecule is O=C(O)C(=O)C(C(O)C(=O)O)C(O)C(=O)O. The number of aliphatic carboxylic acids is 3. The Hall–Kier alpha value is -2.00. The summed E-state index contributed by atoms with van der Waals surface area (Å²) in [5.41, 5.74) is 0. The number of aliphatic hydroxyl groups excluding tert-OH is 2. The van der Waals surface area contributed by atoms with E-state index in [4.69, 9.17) is 25.5 Å². The molecule has 9 nitrogen and oxygen atoms in total. The van der Waals surface area contributed by atoms with Crippen molar-refractivity contribution in [2.75, 3.05) is 0 Å². The smallest absolute Gasteiger partial charge is 0.372 e. The fourth-order valence-electron chi connectivity index (χ4n) is 0.909. The summed E-state index contributed by atoms with van der Waals surface area (Å²) < 4.78 is 0. The lowest BCUT2D eigenvalue weighted by Crippen LogP contribution is -2.48. The second-order valence-electron chi connectivity index (χ2n) is 2.76. The number of hydrogen-bond donors (Lipinski definition) is 5. The van der Waals surface area contributed by atoms with E-state index in [1.165, 1.54) is 0 Å². The van der Waals surface area contributed by atoms with Crippen LogP contribution in [0.3, 0.4) is 0 Å². The van der Waals surface area contributed by atoms with Gasteiger partial charge in [-0.2, -0.15) is 0 Å². The van der Waals surface area contributed by atoms with Crippen molar-refractivity contribution in [2.24, 2.45) is 5.92 Å². The Bertz CT molecular complexity index is 313. The zero-order chi connectivity index (χ0) is 13.0. The van der Waals surface area contributed by atoms with Crippen molar-refractivity contribution in [3.8, 4) is 0 Å². The van der Waals surface area contributed by atoms with Gasteiger partial charge in [0.1, 0.15) is 5.92 Å². The predicted octanol–water partition coefficient (Wildman–Crippen LogP) is -2.85. The monoisotopic (exact) mass is 236 g/mol. The third-order valence-electron chi connectivity index (χ3n) is 1.70. The zero-order valence-electron chi connectivity index (χ0n) is 7.60. The van der Waals surface area contributed by atoms with Gasteiger partial charge in [-0.05, 0) is 0 Å². The molecular weight excluding hydrogens is 228 g/mol. The summed E-state index contributed by atoms with van der Waals surface area (Å²) in [5.74, 6) is -10.5. The summed E-state index contributed by atoms with van der Waals surface area (Å²) in [6, 6.07) is 0. The molecule has 0 aromatic rings. The summed E-state index contributed by atoms with van der Waals surface area (Å²) in [6.45, 7) is 0. The second-order valence-corrected chi connectivity index (χ2v) is 2.76. The minimum atomic E-state index is -2.62. The molecule has 0 heterocycles. The van der Waals surface area contributed by atoms with Crippen LogP contribution in [-0.2, 0) is 19.2 Å². The van der Waals surface area contributed by atoms with Gasteiger partial charge >= 0.3 is 17.9 Å². The quantitative estimate of drug-likeness (QED) is 0.304. The van der Waals surface area contributed by atoms with Crippen LogP contribution in [0.15, 0.2) is 0 Å². The molecule has 0 saturated heterocycles. The maximum atomic E-state index is 10.9. The minimum absolute atomic E-state index is 1.90. The maximum Gasteiger partial charge on any atom is 0.372 e. The van der Waals surface area contributed by atoms with E-state index in [1.807, 2.05) is 0 Å². The van der Waals surface area contributed by atoms with Crippen LogP contribution in [0.5, 0.6) is 0 Å². The number of carbonyl (C=O) groups is 4. The number of ketones is 1. The first kappa shape index (κ1) is 14.0. The fraction of sp³-hybridized carbons (Fsp3) is 0.429. The lowest BCUT2D eigenvalue weighted by atomic mass is 9.91. The third-order valence-corrected chi connectivity index (χ3v) is 1.70. The highest BCUT2D eigenvalue weighted by molar-refractivity contribution is 6.34. The molecule has 0 aromatic carbocycles. The number of Topliss-reactive ketones (excluding diaryl/α,β-unsaturated/α-hetero) is 1. The molecule has 16 heavy (non-hydrogen) atoms. The molecule has 0 spiro atoms. The van der Waals surface area contributed by atoms with Crippen LogP contribution in [0.2, 0.25) is 0 Å². The number of carboxylic acid groups (broad SMARTS) is 3. The molecule has 0 aliphatic heterocycles. The van der Waals surface area contributed by atoms with E-state index in [0.29, 0.717) is 0 Å². The van der Waals surface area contributed by atoms with Crippen LogP contribution in [0.4, 0.5) is 0 Å². The second kappa shape index (κ2) is 5.19. The van der Waals surface area contributed by atoms with Crippen molar-refractivity contribution in [2.45, 2.75) is 12.2 Å². The molecule has 5 N–H and O–H groups in total. The first-order chi connectivity index (χ1) is 7.20. The molecule has 0 radical (unpaired) electrons. The van der Waals surface area contributed by atoms with Gasteiger partial charge < -0.3 is 25.5 Å². The number of carboxylic acids is 3. The van der Waals surface area contributed by atoms with E-state index in [2.05, 4.69) is 0 Å². The highest BCUT2D eigenvalue weighted by atomic mass is 16.4. The van der Waals surface area contributed by atoms with Crippen LogP contribution in [-0.4, -0.2) is 61.4 Å². The summed E-state index contributed by atoms with van der Waals surface area (Å²) in [5, 5.41) is 42.7. The highest BCUT2D eigenvalue weighted by Gasteiger charge is 2.44. The Morgan fingerprint density at radius 2 is 1.06 bits per heavy atom. The molecule has 0 aliphatic rings. The van der Waals surface area contributed by atoms with E-state index in [1.54, 1.807) is 0 Å². The first-order valence-corrected chi connectivity index (χ1v) is 3.79. The zero-order valence-corrected chi connectivity index (χ0v) is 7.60. The van der Waals surface area contributed by atoms with Crippen LogP contribution in [0, 0.1) is 5.92 Å². The summed E-state index contributed by atoms with van der Waals surface area (Å²) in [6.07, 6.45) is -5.23. The number of rotatable bonds is 6. The Morgan fingerprint density at radius 1 is 0.750 bits per heavy atom. The topological polar surface area (TPSA) is 169 Å². The Morgan fingerprint density at radius 3 is 1.25 bits per heavy atom. The first-order valence-electron chi connectivity index (χ1n) is 3.79. The summed E-state index contributed by atoms with van der Waals surface area (Å²) >= 11 is 0. The van der Waals surface area contributed by atoms with E-state index in [0.717, 1.165) is 0 Å². The fourth-order valence-corrected chi connectivity index (χ4v) is 0.909. The van der Waals surface area contributed by atoms with Crippen molar-refractivity contribution in [3.63, 3.8) is 0 Å². The molecule has 0 saturated carbocycles. The van der Waals surface area contributed by atoms with Crippen molar-refractivity contribution < 1.29 is 44.7 Å². The van der Waals surface area contributed by atoms with Gasteiger partial charge in [0.2, 0.25) is 5.78 Å². The molecule has 9 heteroatoms. The standard InChI is InChI=1S/C7H8O9/c8-2(5(11)12)1(3(9)6(13)14)4(10)7(15)16/h1-3,8-9H,(H,11,12)(H,13,14)(H,15,16). The minimum Gasteiger partial charge on any atom is -0.479 e. The molecule has 0 rings (SSSR count). The lowest BCUT2D eigenvalue weighted by Gasteiger charge is -2.19. The third kappa shape index (κ3) is 3.00. The van der Waals surface area contributed by atoms with Gasteiger partial charge in [-0.3, -0.25) is 4.79 Å². The highest BCUT2D eigenvalue weighted by Crippen LogP contribution is 2.12. The average Bonchev–Trinajstić information content (AvgIpc) is 2.16. The normalized spacial score (nSPS) is 15.9. The number of carbonyl (C=O) groups excluding carboxylic acids is 1. The van der Waals surface area contributed by atoms with Gasteiger partial charge in [-0.15, -0.1) is 0 Å². The van der Waals surface area contributed by atoms with Crippen LogP contribution >= 0.6 is 0 Å². The van der Waals surface area contributed by atoms with E-state index in [-0.39, 0.29) is 0 Å². The van der Waals surface area contributed by atoms with Gasteiger partial charge in [0.25, 0.3) is 0 Å². The summed E-state index contributed by atoms with van der Waals surface area (Å²) in [7, 11) is 0. The predicted molar refractivity (Wildman–Crippen MR) is 43.4 cm³/mol. The Kier molecular flexibility index (Phi) is 4.54. The molecule has 90 valence electrons. The van der Waals surface area contributed by atoms with Gasteiger partial charge in [0.15, 0.2) is 12.2 Å². The molecule has 2 atom stereocenters. The number of hydrogen-bond acceptors (Lipinski definition) is 6. The van der Waals surface area contributed by atoms with Gasteiger partial charge in [-0.25, -0.2) is 14.4 Å². The Balaban J connectivity index is 5.20. The molecular formula is C7H8O9. The van der Waals surface area contributed by atoms with Crippen LogP contribution < -0.4 is 0 Å². The van der Waals surface area contributed by atoms with Crippen molar-refractivity contribution in [3.05, 3.63) is 0 Å².